The molecule has 0 aromatic rings. The molecule has 2 unspecified atom stereocenters. The molecule has 2 rings (SSSR count). The third-order valence-corrected chi connectivity index (χ3v) is 3.15. The summed E-state index contributed by atoms with van der Waals surface area (Å²) in [5, 5.41) is 3.67. The number of rotatable bonds is 2. The van der Waals surface area contributed by atoms with E-state index in [-0.39, 0.29) is 0 Å². The average Bonchev–Trinajstić information content (AvgIpc) is 2.52. The molecular weight excluding hydrogens is 148 g/mol. The molecule has 2 fully saturated rings. The molecule has 12 heavy (non-hydrogen) atoms. The van der Waals surface area contributed by atoms with Crippen LogP contribution in [0.2, 0.25) is 0 Å². The predicted molar refractivity (Wildman–Crippen MR) is 51.3 cm³/mol. The Morgan fingerprint density at radius 1 is 1.25 bits per heavy atom. The molecule has 0 aromatic heterocycles. The van der Waals surface area contributed by atoms with Crippen molar-refractivity contribution >= 4 is 0 Å². The maximum Gasteiger partial charge on any atom is 0.0250 e. The molecule has 0 saturated carbocycles. The van der Waals surface area contributed by atoms with Gasteiger partial charge < -0.3 is 5.32 Å². The summed E-state index contributed by atoms with van der Waals surface area (Å²) in [5.41, 5.74) is 0. The highest BCUT2D eigenvalue weighted by Crippen LogP contribution is 2.27. The Morgan fingerprint density at radius 2 is 2.08 bits per heavy atom. The summed E-state index contributed by atoms with van der Waals surface area (Å²) in [6.45, 7) is 7.17. The maximum absolute atomic E-state index is 3.67. The SMILES string of the molecule is CC(C)NC1CCN2CCCC12. The lowest BCUT2D eigenvalue weighted by atomic mass is 10.1. The topological polar surface area (TPSA) is 15.3 Å². The molecule has 0 spiro atoms. The van der Waals surface area contributed by atoms with Crippen molar-refractivity contribution in [2.24, 2.45) is 0 Å². The van der Waals surface area contributed by atoms with Gasteiger partial charge in [0.05, 0.1) is 0 Å². The third-order valence-electron chi connectivity index (χ3n) is 3.15. The van der Waals surface area contributed by atoms with Crippen molar-refractivity contribution in [1.29, 1.82) is 0 Å². The first-order valence-corrected chi connectivity index (χ1v) is 5.27. The molecule has 0 aromatic carbocycles. The molecule has 0 aliphatic carbocycles. The van der Waals surface area contributed by atoms with E-state index in [4.69, 9.17) is 0 Å². The molecule has 0 radical (unpaired) electrons. The van der Waals surface area contributed by atoms with E-state index in [0.717, 1.165) is 12.1 Å². The largest absolute Gasteiger partial charge is 0.310 e. The lowest BCUT2D eigenvalue weighted by molar-refractivity contribution is 0.293. The van der Waals surface area contributed by atoms with Gasteiger partial charge >= 0.3 is 0 Å². The molecule has 1 N–H and O–H groups in total. The number of fused-ring (bicyclic) bond motifs is 1. The summed E-state index contributed by atoms with van der Waals surface area (Å²) in [4.78, 5) is 2.65. The van der Waals surface area contributed by atoms with E-state index >= 15 is 0 Å². The van der Waals surface area contributed by atoms with Gasteiger partial charge in [-0.1, -0.05) is 13.8 Å². The first-order valence-electron chi connectivity index (χ1n) is 5.27. The molecule has 2 saturated heterocycles. The van der Waals surface area contributed by atoms with Crippen molar-refractivity contribution in [3.8, 4) is 0 Å². The van der Waals surface area contributed by atoms with Crippen molar-refractivity contribution in [2.75, 3.05) is 13.1 Å². The van der Waals surface area contributed by atoms with Crippen LogP contribution >= 0.6 is 0 Å². The highest BCUT2D eigenvalue weighted by molar-refractivity contribution is 4.95. The van der Waals surface area contributed by atoms with Crippen LogP contribution in [0.25, 0.3) is 0 Å². The van der Waals surface area contributed by atoms with Crippen LogP contribution in [-0.4, -0.2) is 36.1 Å². The van der Waals surface area contributed by atoms with Gasteiger partial charge in [0.2, 0.25) is 0 Å². The fourth-order valence-corrected chi connectivity index (χ4v) is 2.71. The minimum absolute atomic E-state index is 0.649. The Hall–Kier alpha value is -0.0800. The Kier molecular flexibility index (Phi) is 2.37. The van der Waals surface area contributed by atoms with Gasteiger partial charge in [0.15, 0.2) is 0 Å². The van der Waals surface area contributed by atoms with Gasteiger partial charge in [-0.2, -0.15) is 0 Å². The van der Waals surface area contributed by atoms with Crippen LogP contribution in [-0.2, 0) is 0 Å². The van der Waals surface area contributed by atoms with Gasteiger partial charge in [-0.25, -0.2) is 0 Å². The zero-order valence-corrected chi connectivity index (χ0v) is 8.21. The molecule has 2 aliphatic heterocycles. The molecular formula is C10H20N2. The van der Waals surface area contributed by atoms with E-state index in [0.29, 0.717) is 6.04 Å². The first kappa shape index (κ1) is 8.52. The van der Waals surface area contributed by atoms with E-state index < -0.39 is 0 Å². The molecule has 2 heteroatoms. The van der Waals surface area contributed by atoms with Crippen molar-refractivity contribution in [3.63, 3.8) is 0 Å². The molecule has 2 nitrogen and oxygen atoms in total. The van der Waals surface area contributed by atoms with Crippen molar-refractivity contribution < 1.29 is 0 Å². The van der Waals surface area contributed by atoms with Gasteiger partial charge in [0.1, 0.15) is 0 Å². The van der Waals surface area contributed by atoms with Crippen LogP contribution in [0.5, 0.6) is 0 Å². The minimum atomic E-state index is 0.649. The summed E-state index contributed by atoms with van der Waals surface area (Å²) in [6, 6.07) is 2.30. The average molecular weight is 168 g/mol. The highest BCUT2D eigenvalue weighted by atomic mass is 15.2. The minimum Gasteiger partial charge on any atom is -0.310 e. The molecule has 70 valence electrons. The Balaban J connectivity index is 1.91. The van der Waals surface area contributed by atoms with Gasteiger partial charge in [-0.05, 0) is 25.8 Å². The quantitative estimate of drug-likeness (QED) is 0.667. The summed E-state index contributed by atoms with van der Waals surface area (Å²) in [7, 11) is 0. The van der Waals surface area contributed by atoms with Crippen LogP contribution in [0, 0.1) is 0 Å². The molecule has 2 aliphatic rings. The summed E-state index contributed by atoms with van der Waals surface area (Å²) in [6.07, 6.45) is 4.20. The van der Waals surface area contributed by atoms with Crippen molar-refractivity contribution in [1.82, 2.24) is 10.2 Å². The predicted octanol–water partition coefficient (Wildman–Crippen LogP) is 1.22. The fraction of sp³-hybridized carbons (Fsp3) is 1.00. The van der Waals surface area contributed by atoms with Crippen LogP contribution in [0.1, 0.15) is 33.1 Å². The van der Waals surface area contributed by atoms with E-state index in [1.54, 1.807) is 0 Å². The van der Waals surface area contributed by atoms with Crippen LogP contribution < -0.4 is 5.32 Å². The number of nitrogens with zero attached hydrogens (tertiary/aromatic N) is 1. The lowest BCUT2D eigenvalue weighted by Crippen LogP contribution is -2.42. The molecule has 2 heterocycles. The highest BCUT2D eigenvalue weighted by Gasteiger charge is 2.36. The smallest absolute Gasteiger partial charge is 0.0250 e. The summed E-state index contributed by atoms with van der Waals surface area (Å²) < 4.78 is 0. The number of hydrogen-bond donors (Lipinski definition) is 1. The van der Waals surface area contributed by atoms with Gasteiger partial charge in [-0.3, -0.25) is 4.90 Å². The third kappa shape index (κ3) is 1.50. The Bertz CT molecular complexity index is 156. The van der Waals surface area contributed by atoms with Crippen molar-refractivity contribution in [2.45, 2.75) is 51.2 Å². The second-order valence-corrected chi connectivity index (χ2v) is 4.46. The second-order valence-electron chi connectivity index (χ2n) is 4.46. The summed E-state index contributed by atoms with van der Waals surface area (Å²) >= 11 is 0. The van der Waals surface area contributed by atoms with Gasteiger partial charge in [-0.15, -0.1) is 0 Å². The molecule has 0 amide bonds. The zero-order chi connectivity index (χ0) is 8.55. The fourth-order valence-electron chi connectivity index (χ4n) is 2.71. The summed E-state index contributed by atoms with van der Waals surface area (Å²) in [5.74, 6) is 0. The van der Waals surface area contributed by atoms with Crippen LogP contribution in [0.4, 0.5) is 0 Å². The van der Waals surface area contributed by atoms with Gasteiger partial charge in [0, 0.05) is 24.7 Å². The van der Waals surface area contributed by atoms with E-state index in [2.05, 4.69) is 24.1 Å². The van der Waals surface area contributed by atoms with Crippen LogP contribution in [0.3, 0.4) is 0 Å². The van der Waals surface area contributed by atoms with Crippen LogP contribution in [0.15, 0.2) is 0 Å². The first-order chi connectivity index (χ1) is 5.77. The van der Waals surface area contributed by atoms with Gasteiger partial charge in [0.25, 0.3) is 0 Å². The number of nitrogens with one attached hydrogen (secondary N) is 1. The van der Waals surface area contributed by atoms with Crippen molar-refractivity contribution in [3.05, 3.63) is 0 Å². The normalized spacial score (nSPS) is 36.2. The lowest BCUT2D eigenvalue weighted by Gasteiger charge is -2.23. The number of hydrogen-bond acceptors (Lipinski definition) is 2. The van der Waals surface area contributed by atoms with E-state index in [9.17, 15) is 0 Å². The Labute approximate surface area is 75.3 Å². The van der Waals surface area contributed by atoms with E-state index in [1.807, 2.05) is 0 Å². The second kappa shape index (κ2) is 3.35. The maximum atomic E-state index is 3.67. The molecule has 0 bridgehead atoms. The van der Waals surface area contributed by atoms with E-state index in [1.165, 1.54) is 32.4 Å². The Morgan fingerprint density at radius 3 is 2.83 bits per heavy atom. The standard InChI is InChI=1S/C10H20N2/c1-8(2)11-9-5-7-12-6-3-4-10(9)12/h8-11H,3-7H2,1-2H3. The molecule has 2 atom stereocenters. The zero-order valence-electron chi connectivity index (χ0n) is 8.21. The monoisotopic (exact) mass is 168 g/mol.